The van der Waals surface area contributed by atoms with Crippen LogP contribution < -0.4 is 0 Å². The van der Waals surface area contributed by atoms with Gasteiger partial charge in [-0.15, -0.1) is 0 Å². The van der Waals surface area contributed by atoms with E-state index >= 15 is 0 Å². The van der Waals surface area contributed by atoms with Gasteiger partial charge in [0.15, 0.2) is 0 Å². The summed E-state index contributed by atoms with van der Waals surface area (Å²) in [6.45, 7) is 18.1. The Morgan fingerprint density at radius 3 is 1.24 bits per heavy atom. The van der Waals surface area contributed by atoms with Crippen molar-refractivity contribution >= 4 is 67.0 Å². The highest BCUT2D eigenvalue weighted by Crippen LogP contribution is 2.41. The number of H-pyrrole nitrogens is 2. The van der Waals surface area contributed by atoms with E-state index in [9.17, 15) is 0 Å². The molecule has 0 saturated carbocycles. The molecular formula is C44H49IN4. The lowest BCUT2D eigenvalue weighted by molar-refractivity contribution is 1.07. The largest absolute Gasteiger partial charge is 0.355 e. The number of allylic oxidation sites excluding steroid dienone is 4. The van der Waals surface area contributed by atoms with Gasteiger partial charge in [0.25, 0.3) is 0 Å². The van der Waals surface area contributed by atoms with Gasteiger partial charge in [-0.25, -0.2) is 9.97 Å². The Morgan fingerprint density at radius 1 is 0.490 bits per heavy atom. The number of aromatic nitrogens is 4. The molecular weight excluding hydrogens is 711 g/mol. The summed E-state index contributed by atoms with van der Waals surface area (Å²) in [6, 6.07) is 15.4. The van der Waals surface area contributed by atoms with Crippen LogP contribution in [0.3, 0.4) is 0 Å². The number of hydrogen-bond donors (Lipinski definition) is 2. The van der Waals surface area contributed by atoms with Gasteiger partial charge in [-0.1, -0.05) is 67.2 Å². The van der Waals surface area contributed by atoms with Gasteiger partial charge >= 0.3 is 0 Å². The normalized spacial score (nSPS) is 12.9. The molecule has 4 nitrogen and oxygen atoms in total. The van der Waals surface area contributed by atoms with E-state index in [0.717, 1.165) is 96.3 Å². The third kappa shape index (κ3) is 6.34. The Kier molecular flexibility index (Phi) is 10.6. The standard InChI is InChI=1S/C44H49IN4/c1-9-28-30(11-3)39-24-41-32(13-5)34(15-7)43(48-41)36(22-19-26-17-20-27(45)21-18-26)44-35(16-8)33(14-6)42(49-44)25-40-31(12-4)29(10-2)38(47-40)23-37(28)46-39/h17-18,20-21,23-25,46-47H,9-16H2,1-8H3. The van der Waals surface area contributed by atoms with Crippen molar-refractivity contribution in [1.82, 2.24) is 19.9 Å². The third-order valence-corrected chi connectivity index (χ3v) is 11.0. The van der Waals surface area contributed by atoms with Crippen molar-refractivity contribution in [2.45, 2.75) is 107 Å². The average molecular weight is 761 g/mol. The fraction of sp³-hybridized carbons (Fsp3) is 0.364. The number of rotatable bonds is 8. The van der Waals surface area contributed by atoms with Gasteiger partial charge in [0, 0.05) is 31.2 Å². The van der Waals surface area contributed by atoms with Crippen LogP contribution in [-0.2, 0) is 25.7 Å². The summed E-state index contributed by atoms with van der Waals surface area (Å²) >= 11 is 2.35. The molecule has 0 saturated heterocycles. The quantitative estimate of drug-likeness (QED) is 0.139. The van der Waals surface area contributed by atoms with Crippen molar-refractivity contribution in [2.24, 2.45) is 0 Å². The number of benzene rings is 1. The zero-order chi connectivity index (χ0) is 34.8. The first kappa shape index (κ1) is 35.0. The number of aryl methyl sites for hydroxylation is 4. The van der Waals surface area contributed by atoms with Crippen LogP contribution in [0.4, 0.5) is 0 Å². The van der Waals surface area contributed by atoms with Gasteiger partial charge in [-0.2, -0.15) is 0 Å². The lowest BCUT2D eigenvalue weighted by atomic mass is 9.94. The Bertz CT molecular complexity index is 2090. The molecule has 5 heteroatoms. The maximum Gasteiger partial charge on any atom is 0.0851 e. The van der Waals surface area contributed by atoms with Crippen LogP contribution in [0.15, 0.2) is 42.5 Å². The predicted molar refractivity (Wildman–Crippen MR) is 218 cm³/mol. The summed E-state index contributed by atoms with van der Waals surface area (Å²) in [5.74, 6) is 7.21. The summed E-state index contributed by atoms with van der Waals surface area (Å²) < 4.78 is 1.20. The molecule has 2 N–H and O–H groups in total. The van der Waals surface area contributed by atoms with Crippen LogP contribution in [0.5, 0.6) is 0 Å². The summed E-state index contributed by atoms with van der Waals surface area (Å²) in [5, 5.41) is 0. The molecule has 252 valence electrons. The Labute approximate surface area is 306 Å². The van der Waals surface area contributed by atoms with Crippen LogP contribution in [0.2, 0.25) is 0 Å². The second-order valence-corrected chi connectivity index (χ2v) is 14.1. The van der Waals surface area contributed by atoms with Gasteiger partial charge in [-0.05, 0) is 161 Å². The molecule has 4 aromatic rings. The fourth-order valence-corrected chi connectivity index (χ4v) is 8.34. The number of halogens is 1. The molecule has 0 spiro atoms. The number of fused-ring (bicyclic) bond motifs is 8. The highest BCUT2D eigenvalue weighted by Gasteiger charge is 2.26. The highest BCUT2D eigenvalue weighted by atomic mass is 127. The minimum absolute atomic E-state index is 0.880. The monoisotopic (exact) mass is 760 g/mol. The predicted octanol–water partition coefficient (Wildman–Crippen LogP) is 12.0. The van der Waals surface area contributed by atoms with E-state index in [1.54, 1.807) is 0 Å². The van der Waals surface area contributed by atoms with E-state index in [4.69, 9.17) is 9.97 Å². The second-order valence-electron chi connectivity index (χ2n) is 12.8. The van der Waals surface area contributed by atoms with Crippen molar-refractivity contribution in [3.63, 3.8) is 0 Å². The van der Waals surface area contributed by atoms with Crippen molar-refractivity contribution in [3.05, 3.63) is 102 Å². The first-order valence-electron chi connectivity index (χ1n) is 18.4. The van der Waals surface area contributed by atoms with Crippen molar-refractivity contribution < 1.29 is 0 Å². The Hall–Kier alpha value is -3.89. The smallest absolute Gasteiger partial charge is 0.0851 e. The van der Waals surface area contributed by atoms with E-state index in [1.807, 2.05) is 0 Å². The zero-order valence-corrected chi connectivity index (χ0v) is 32.6. The van der Waals surface area contributed by atoms with Gasteiger partial charge in [0.1, 0.15) is 0 Å². The van der Waals surface area contributed by atoms with E-state index in [2.05, 4.69) is 142 Å². The van der Waals surface area contributed by atoms with Crippen LogP contribution >= 0.6 is 22.6 Å². The summed E-state index contributed by atoms with van der Waals surface area (Å²) in [4.78, 5) is 18.8. The first-order valence-corrected chi connectivity index (χ1v) is 19.5. The van der Waals surface area contributed by atoms with Crippen LogP contribution in [-0.4, -0.2) is 19.9 Å². The molecule has 2 aliphatic rings. The highest BCUT2D eigenvalue weighted by molar-refractivity contribution is 14.1. The number of aromatic amines is 2. The average Bonchev–Trinajstić information content (AvgIpc) is 3.84. The molecule has 0 aliphatic carbocycles. The van der Waals surface area contributed by atoms with E-state index in [0.29, 0.717) is 0 Å². The molecule has 0 fully saturated rings. The molecule has 0 radical (unpaired) electrons. The third-order valence-electron chi connectivity index (χ3n) is 10.3. The minimum atomic E-state index is 0.880. The molecule has 0 amide bonds. The molecule has 0 unspecified atom stereocenters. The molecule has 6 rings (SSSR count). The molecule has 1 aromatic carbocycles. The molecule has 8 bridgehead atoms. The van der Waals surface area contributed by atoms with Gasteiger partial charge in [0.2, 0.25) is 0 Å². The molecule has 49 heavy (non-hydrogen) atoms. The SMILES string of the molecule is CCC1=C(CC)c2nc1cc1[nH]c(cc3[nH]c(cc4nc(c2C#Cc2ccc(I)cc2)C(CC)=C4CC)c(CC)c3CC)c(CC)c1CC. The zero-order valence-electron chi connectivity index (χ0n) is 30.5. The topological polar surface area (TPSA) is 57.4 Å². The second kappa shape index (κ2) is 14.9. The van der Waals surface area contributed by atoms with Crippen LogP contribution in [0, 0.1) is 15.4 Å². The van der Waals surface area contributed by atoms with Gasteiger partial charge in [-0.3, -0.25) is 0 Å². The molecule has 0 atom stereocenters. The number of nitrogens with zero attached hydrogens (tertiary/aromatic N) is 2. The van der Waals surface area contributed by atoms with Crippen LogP contribution in [0.1, 0.15) is 137 Å². The number of nitrogens with one attached hydrogen (secondary N) is 2. The summed E-state index contributed by atoms with van der Waals surface area (Å²) in [7, 11) is 0. The van der Waals surface area contributed by atoms with Crippen molar-refractivity contribution in [3.8, 4) is 11.8 Å². The van der Waals surface area contributed by atoms with E-state index in [1.165, 1.54) is 59.1 Å². The Balaban J connectivity index is 1.88. The minimum Gasteiger partial charge on any atom is -0.355 e. The van der Waals surface area contributed by atoms with Gasteiger partial charge < -0.3 is 9.97 Å². The first-order chi connectivity index (χ1) is 23.8. The maximum absolute atomic E-state index is 5.50. The maximum atomic E-state index is 5.50. The molecule has 3 aromatic heterocycles. The summed E-state index contributed by atoms with van der Waals surface area (Å²) in [5.41, 5.74) is 21.4. The molecule has 5 heterocycles. The molecule has 2 aliphatic heterocycles. The van der Waals surface area contributed by atoms with E-state index in [-0.39, 0.29) is 0 Å². The van der Waals surface area contributed by atoms with Crippen molar-refractivity contribution in [1.29, 1.82) is 0 Å². The van der Waals surface area contributed by atoms with E-state index < -0.39 is 0 Å². The van der Waals surface area contributed by atoms with Crippen LogP contribution in [0.25, 0.3) is 44.4 Å². The van der Waals surface area contributed by atoms with Gasteiger partial charge in [0.05, 0.1) is 28.3 Å². The summed E-state index contributed by atoms with van der Waals surface area (Å²) in [6.07, 6.45) is 7.41. The Morgan fingerprint density at radius 2 is 0.878 bits per heavy atom. The number of hydrogen-bond acceptors (Lipinski definition) is 2. The lowest BCUT2D eigenvalue weighted by Gasteiger charge is -2.08. The lowest BCUT2D eigenvalue weighted by Crippen LogP contribution is -1.95. The fourth-order valence-electron chi connectivity index (χ4n) is 7.98. The van der Waals surface area contributed by atoms with Crippen molar-refractivity contribution in [2.75, 3.05) is 0 Å².